The van der Waals surface area contributed by atoms with Crippen molar-refractivity contribution in [1.29, 1.82) is 0 Å². The molecule has 0 amide bonds. The van der Waals surface area contributed by atoms with Crippen LogP contribution in [0.15, 0.2) is 54.6 Å². The monoisotopic (exact) mass is 294 g/mol. The molecule has 0 aliphatic rings. The average molecular weight is 294 g/mol. The van der Waals surface area contributed by atoms with E-state index in [2.05, 4.69) is 18.6 Å². The highest BCUT2D eigenvalue weighted by Crippen LogP contribution is 2.33. The summed E-state index contributed by atoms with van der Waals surface area (Å²) >= 11 is 0. The first-order valence-electron chi connectivity index (χ1n) is 6.77. The summed E-state index contributed by atoms with van der Waals surface area (Å²) in [5.74, 6) is 0.287. The number of hydrogen-bond acceptors (Lipinski definition) is 1. The Hall–Kier alpha value is -1.97. The molecule has 0 bridgehead atoms. The van der Waals surface area contributed by atoms with Crippen LogP contribution in [-0.2, 0) is 0 Å². The van der Waals surface area contributed by atoms with Gasteiger partial charge in [-0.05, 0) is 29.2 Å². The molecule has 0 spiro atoms. The van der Waals surface area contributed by atoms with Crippen LogP contribution in [0.3, 0.4) is 0 Å². The number of halogens is 3. The van der Waals surface area contributed by atoms with Gasteiger partial charge in [-0.15, -0.1) is 13.2 Å². The van der Waals surface area contributed by atoms with Crippen LogP contribution in [0.2, 0.25) is 0 Å². The second-order valence-corrected chi connectivity index (χ2v) is 5.25. The summed E-state index contributed by atoms with van der Waals surface area (Å²) < 4.78 is 40.4. The van der Waals surface area contributed by atoms with E-state index in [0.717, 1.165) is 11.1 Å². The zero-order chi connectivity index (χ0) is 15.5. The normalized spacial score (nSPS) is 13.2. The van der Waals surface area contributed by atoms with Crippen LogP contribution in [-0.4, -0.2) is 6.36 Å². The lowest BCUT2D eigenvalue weighted by Gasteiger charge is -2.22. The van der Waals surface area contributed by atoms with E-state index in [1.165, 1.54) is 12.1 Å². The van der Waals surface area contributed by atoms with E-state index >= 15 is 0 Å². The fourth-order valence-electron chi connectivity index (χ4n) is 2.50. The summed E-state index contributed by atoms with van der Waals surface area (Å²) in [5, 5.41) is 0. The van der Waals surface area contributed by atoms with Crippen molar-refractivity contribution in [2.45, 2.75) is 26.1 Å². The van der Waals surface area contributed by atoms with E-state index in [0.29, 0.717) is 5.92 Å². The fraction of sp³-hybridized carbons (Fsp3) is 0.294. The Morgan fingerprint density at radius 3 is 1.81 bits per heavy atom. The first kappa shape index (κ1) is 15.4. The summed E-state index contributed by atoms with van der Waals surface area (Å²) in [4.78, 5) is 0. The van der Waals surface area contributed by atoms with Crippen molar-refractivity contribution in [3.63, 3.8) is 0 Å². The Morgan fingerprint density at radius 1 is 0.810 bits per heavy atom. The fourth-order valence-corrected chi connectivity index (χ4v) is 2.50. The summed E-state index contributed by atoms with van der Waals surface area (Å²) in [6, 6.07) is 16.0. The van der Waals surface area contributed by atoms with E-state index in [-0.39, 0.29) is 11.7 Å². The zero-order valence-corrected chi connectivity index (χ0v) is 11.9. The van der Waals surface area contributed by atoms with Crippen molar-refractivity contribution in [2.24, 2.45) is 5.92 Å². The Labute approximate surface area is 122 Å². The van der Waals surface area contributed by atoms with Gasteiger partial charge in [0.15, 0.2) is 0 Å². The van der Waals surface area contributed by atoms with Crippen LogP contribution in [0.25, 0.3) is 0 Å². The highest BCUT2D eigenvalue weighted by Gasteiger charge is 2.31. The molecular formula is C17H17F3O. The predicted molar refractivity (Wildman–Crippen MR) is 76.2 cm³/mol. The van der Waals surface area contributed by atoms with Gasteiger partial charge in [-0.25, -0.2) is 0 Å². The minimum atomic E-state index is -4.65. The van der Waals surface area contributed by atoms with Gasteiger partial charge in [0.2, 0.25) is 0 Å². The number of hydrogen-bond donors (Lipinski definition) is 0. The van der Waals surface area contributed by atoms with Crippen molar-refractivity contribution < 1.29 is 17.9 Å². The van der Waals surface area contributed by atoms with Crippen LogP contribution >= 0.6 is 0 Å². The van der Waals surface area contributed by atoms with Gasteiger partial charge in [-0.2, -0.15) is 0 Å². The van der Waals surface area contributed by atoms with E-state index in [1.54, 1.807) is 12.1 Å². The third kappa shape index (κ3) is 4.25. The molecule has 0 aliphatic carbocycles. The first-order chi connectivity index (χ1) is 9.87. The van der Waals surface area contributed by atoms with Crippen molar-refractivity contribution in [2.75, 3.05) is 0 Å². The van der Waals surface area contributed by atoms with Crippen molar-refractivity contribution in [3.05, 3.63) is 65.7 Å². The van der Waals surface area contributed by atoms with E-state index in [1.807, 2.05) is 30.3 Å². The van der Waals surface area contributed by atoms with Gasteiger partial charge in [-0.1, -0.05) is 56.3 Å². The second kappa shape index (κ2) is 6.20. The lowest BCUT2D eigenvalue weighted by molar-refractivity contribution is -0.274. The highest BCUT2D eigenvalue weighted by molar-refractivity contribution is 5.36. The second-order valence-electron chi connectivity index (χ2n) is 5.25. The standard InChI is InChI=1S/C17H17F3O/c1-12(2)16(13-6-4-3-5-7-13)14-8-10-15(11-9-14)21-17(18,19)20/h3-12,16H,1-2H3/t16-/m1/s1. The lowest BCUT2D eigenvalue weighted by Crippen LogP contribution is -2.17. The van der Waals surface area contributed by atoms with Crippen molar-refractivity contribution in [3.8, 4) is 5.75 Å². The first-order valence-corrected chi connectivity index (χ1v) is 6.77. The number of ether oxygens (including phenoxy) is 1. The molecular weight excluding hydrogens is 277 g/mol. The molecule has 21 heavy (non-hydrogen) atoms. The van der Waals surface area contributed by atoms with Gasteiger partial charge < -0.3 is 4.74 Å². The maximum Gasteiger partial charge on any atom is 0.573 e. The number of alkyl halides is 3. The third-order valence-corrected chi connectivity index (χ3v) is 3.30. The Balaban J connectivity index is 2.26. The molecule has 0 fully saturated rings. The molecule has 112 valence electrons. The van der Waals surface area contributed by atoms with E-state index < -0.39 is 6.36 Å². The Kier molecular flexibility index (Phi) is 4.56. The van der Waals surface area contributed by atoms with E-state index in [4.69, 9.17) is 0 Å². The van der Waals surface area contributed by atoms with Crippen molar-refractivity contribution >= 4 is 0 Å². The van der Waals surface area contributed by atoms with Gasteiger partial charge in [-0.3, -0.25) is 0 Å². The summed E-state index contributed by atoms with van der Waals surface area (Å²) in [7, 11) is 0. The topological polar surface area (TPSA) is 9.23 Å². The van der Waals surface area contributed by atoms with Crippen LogP contribution < -0.4 is 4.74 Å². The molecule has 0 heterocycles. The van der Waals surface area contributed by atoms with Gasteiger partial charge in [0, 0.05) is 5.92 Å². The molecule has 0 radical (unpaired) electrons. The van der Waals surface area contributed by atoms with E-state index in [9.17, 15) is 13.2 Å². The molecule has 4 heteroatoms. The molecule has 2 rings (SSSR count). The quantitative estimate of drug-likeness (QED) is 0.736. The van der Waals surface area contributed by atoms with Gasteiger partial charge >= 0.3 is 6.36 Å². The van der Waals surface area contributed by atoms with Crippen LogP contribution in [0.1, 0.15) is 30.9 Å². The van der Waals surface area contributed by atoms with Crippen LogP contribution in [0.5, 0.6) is 5.75 Å². The summed E-state index contributed by atoms with van der Waals surface area (Å²) in [5.41, 5.74) is 2.13. The molecule has 0 N–H and O–H groups in total. The van der Waals surface area contributed by atoms with Gasteiger partial charge in [0.1, 0.15) is 5.75 Å². The van der Waals surface area contributed by atoms with Gasteiger partial charge in [0.05, 0.1) is 0 Å². The molecule has 0 aromatic heterocycles. The predicted octanol–water partition coefficient (Wildman–Crippen LogP) is 5.37. The molecule has 0 aliphatic heterocycles. The molecule has 0 saturated heterocycles. The van der Waals surface area contributed by atoms with Crippen molar-refractivity contribution in [1.82, 2.24) is 0 Å². The maximum absolute atomic E-state index is 12.2. The average Bonchev–Trinajstić information content (AvgIpc) is 2.40. The zero-order valence-electron chi connectivity index (χ0n) is 11.9. The SMILES string of the molecule is CC(C)[C@H](c1ccccc1)c1ccc(OC(F)(F)F)cc1. The molecule has 2 aromatic rings. The number of rotatable bonds is 4. The molecule has 0 unspecified atom stereocenters. The molecule has 1 nitrogen and oxygen atoms in total. The Bertz CT molecular complexity index is 559. The molecule has 2 aromatic carbocycles. The minimum absolute atomic E-state index is 0.145. The maximum atomic E-state index is 12.2. The van der Waals surface area contributed by atoms with Crippen LogP contribution in [0, 0.1) is 5.92 Å². The van der Waals surface area contributed by atoms with Crippen LogP contribution in [0.4, 0.5) is 13.2 Å². The molecule has 1 atom stereocenters. The highest BCUT2D eigenvalue weighted by atomic mass is 19.4. The lowest BCUT2D eigenvalue weighted by atomic mass is 9.83. The number of benzene rings is 2. The third-order valence-electron chi connectivity index (χ3n) is 3.30. The largest absolute Gasteiger partial charge is 0.573 e. The minimum Gasteiger partial charge on any atom is -0.406 e. The summed E-state index contributed by atoms with van der Waals surface area (Å²) in [6.45, 7) is 4.19. The molecule has 0 saturated carbocycles. The Morgan fingerprint density at radius 2 is 1.33 bits per heavy atom. The smallest absolute Gasteiger partial charge is 0.406 e. The summed E-state index contributed by atoms with van der Waals surface area (Å²) in [6.07, 6.45) is -4.65. The van der Waals surface area contributed by atoms with Gasteiger partial charge in [0.25, 0.3) is 0 Å².